The molecule has 2 aliphatic heterocycles. The number of carbonyl (C=O) groups excluding carboxylic acids is 1. The number of hydrogen-bond donors (Lipinski definition) is 1. The van der Waals surface area contributed by atoms with E-state index in [-0.39, 0.29) is 11.9 Å². The molecule has 1 unspecified atom stereocenters. The number of aryl methyl sites for hydroxylation is 1. The number of likely N-dealkylation sites (tertiary alicyclic amines) is 1. The summed E-state index contributed by atoms with van der Waals surface area (Å²) in [6.07, 6.45) is 5.68. The van der Waals surface area contributed by atoms with Crippen molar-refractivity contribution in [3.63, 3.8) is 0 Å². The van der Waals surface area contributed by atoms with E-state index in [0.717, 1.165) is 50.4 Å². The number of hydrogen-bond acceptors (Lipinski definition) is 4. The van der Waals surface area contributed by atoms with E-state index in [1.807, 2.05) is 12.1 Å². The van der Waals surface area contributed by atoms with E-state index < -0.39 is 0 Å². The summed E-state index contributed by atoms with van der Waals surface area (Å²) in [7, 11) is 0. The second-order valence-electron chi connectivity index (χ2n) is 8.29. The summed E-state index contributed by atoms with van der Waals surface area (Å²) < 4.78 is 11.4. The molecule has 2 heterocycles. The van der Waals surface area contributed by atoms with Gasteiger partial charge in [-0.25, -0.2) is 0 Å². The van der Waals surface area contributed by atoms with Gasteiger partial charge in [-0.15, -0.1) is 0 Å². The Morgan fingerprint density at radius 3 is 2.53 bits per heavy atom. The van der Waals surface area contributed by atoms with E-state index in [1.165, 1.54) is 24.0 Å². The van der Waals surface area contributed by atoms with Gasteiger partial charge in [0.1, 0.15) is 13.2 Å². The molecule has 30 heavy (non-hydrogen) atoms. The normalized spacial score (nSPS) is 16.9. The molecule has 2 aromatic carbocycles. The van der Waals surface area contributed by atoms with Crippen molar-refractivity contribution in [2.45, 2.75) is 44.6 Å². The number of nitrogens with zero attached hydrogens (tertiary/aromatic N) is 1. The minimum atomic E-state index is 0.106. The van der Waals surface area contributed by atoms with Crippen molar-refractivity contribution in [2.75, 3.05) is 32.8 Å². The van der Waals surface area contributed by atoms with E-state index >= 15 is 0 Å². The first kappa shape index (κ1) is 20.7. The quantitative estimate of drug-likeness (QED) is 0.689. The van der Waals surface area contributed by atoms with Crippen LogP contribution in [0.15, 0.2) is 48.5 Å². The van der Waals surface area contributed by atoms with Gasteiger partial charge in [-0.3, -0.25) is 4.79 Å². The van der Waals surface area contributed by atoms with Crippen molar-refractivity contribution in [3.05, 3.63) is 59.7 Å². The summed E-state index contributed by atoms with van der Waals surface area (Å²) in [5.41, 5.74) is 2.46. The maximum absolute atomic E-state index is 12.7. The molecular formula is C25H32N2O3. The highest BCUT2D eigenvalue weighted by Gasteiger charge is 2.21. The van der Waals surface area contributed by atoms with Gasteiger partial charge in [0.2, 0.25) is 5.91 Å². The van der Waals surface area contributed by atoms with Crippen LogP contribution in [0.3, 0.4) is 0 Å². The molecule has 0 radical (unpaired) electrons. The van der Waals surface area contributed by atoms with Gasteiger partial charge < -0.3 is 19.7 Å². The molecule has 5 nitrogen and oxygen atoms in total. The van der Waals surface area contributed by atoms with Crippen LogP contribution in [-0.2, 0) is 17.6 Å². The standard InChI is InChI=1S/C25H32N2O3/c28-25(10-6-9-20-7-2-1-3-8-20)26-22(19-27-13-4-5-14-27)17-21-11-12-23-24(18-21)30-16-15-29-23/h1-3,7-8,11-12,18,22H,4-6,9-10,13-17,19H2,(H,26,28). The Kier molecular flexibility index (Phi) is 7.25. The predicted molar refractivity (Wildman–Crippen MR) is 118 cm³/mol. The zero-order valence-corrected chi connectivity index (χ0v) is 17.6. The fourth-order valence-electron chi connectivity index (χ4n) is 4.33. The summed E-state index contributed by atoms with van der Waals surface area (Å²) >= 11 is 0. The van der Waals surface area contributed by atoms with Crippen molar-refractivity contribution in [1.29, 1.82) is 0 Å². The second kappa shape index (κ2) is 10.5. The Morgan fingerprint density at radius 2 is 1.73 bits per heavy atom. The molecule has 1 atom stereocenters. The zero-order valence-electron chi connectivity index (χ0n) is 17.6. The van der Waals surface area contributed by atoms with Crippen molar-refractivity contribution in [1.82, 2.24) is 10.2 Å². The molecule has 1 N–H and O–H groups in total. The van der Waals surface area contributed by atoms with E-state index in [0.29, 0.717) is 19.6 Å². The number of rotatable bonds is 9. The first-order valence-corrected chi connectivity index (χ1v) is 11.2. The van der Waals surface area contributed by atoms with Crippen LogP contribution >= 0.6 is 0 Å². The van der Waals surface area contributed by atoms with E-state index in [4.69, 9.17) is 9.47 Å². The third-order valence-electron chi connectivity index (χ3n) is 5.84. The first-order valence-electron chi connectivity index (χ1n) is 11.2. The average molecular weight is 409 g/mol. The smallest absolute Gasteiger partial charge is 0.220 e. The van der Waals surface area contributed by atoms with Crippen molar-refractivity contribution >= 4 is 5.91 Å². The van der Waals surface area contributed by atoms with Crippen LogP contribution in [0.1, 0.15) is 36.8 Å². The van der Waals surface area contributed by atoms with Gasteiger partial charge in [0.25, 0.3) is 0 Å². The van der Waals surface area contributed by atoms with E-state index in [1.54, 1.807) is 0 Å². The third-order valence-corrected chi connectivity index (χ3v) is 5.84. The fourth-order valence-corrected chi connectivity index (χ4v) is 4.33. The average Bonchev–Trinajstić information content (AvgIpc) is 3.27. The SMILES string of the molecule is O=C(CCCc1ccccc1)NC(Cc1ccc2c(c1)OCCO2)CN1CCCC1. The summed E-state index contributed by atoms with van der Waals surface area (Å²) in [6, 6.07) is 16.6. The first-order chi connectivity index (χ1) is 14.8. The van der Waals surface area contributed by atoms with Crippen molar-refractivity contribution in [2.24, 2.45) is 0 Å². The molecule has 0 aliphatic carbocycles. The van der Waals surface area contributed by atoms with Crippen LogP contribution in [0.2, 0.25) is 0 Å². The lowest BCUT2D eigenvalue weighted by Crippen LogP contribution is -2.44. The number of nitrogens with one attached hydrogen (secondary N) is 1. The monoisotopic (exact) mass is 408 g/mol. The zero-order chi connectivity index (χ0) is 20.6. The van der Waals surface area contributed by atoms with E-state index in [9.17, 15) is 4.79 Å². The minimum Gasteiger partial charge on any atom is -0.486 e. The molecule has 1 saturated heterocycles. The Bertz CT molecular complexity index is 818. The molecule has 1 fully saturated rings. The number of ether oxygens (including phenoxy) is 2. The molecule has 2 aliphatic rings. The van der Waals surface area contributed by atoms with Crippen LogP contribution in [0.25, 0.3) is 0 Å². The molecule has 1 amide bonds. The molecule has 0 spiro atoms. The molecule has 2 aromatic rings. The highest BCUT2D eigenvalue weighted by Crippen LogP contribution is 2.31. The second-order valence-corrected chi connectivity index (χ2v) is 8.29. The van der Waals surface area contributed by atoms with Crippen LogP contribution in [0, 0.1) is 0 Å². The predicted octanol–water partition coefficient (Wildman–Crippen LogP) is 3.60. The lowest BCUT2D eigenvalue weighted by atomic mass is 10.0. The van der Waals surface area contributed by atoms with E-state index in [2.05, 4.69) is 46.6 Å². The molecule has 0 bridgehead atoms. The molecule has 0 aromatic heterocycles. The Balaban J connectivity index is 1.33. The number of amides is 1. The van der Waals surface area contributed by atoms with Crippen LogP contribution in [-0.4, -0.2) is 49.7 Å². The lowest BCUT2D eigenvalue weighted by Gasteiger charge is -2.25. The lowest BCUT2D eigenvalue weighted by molar-refractivity contribution is -0.122. The number of benzene rings is 2. The minimum absolute atomic E-state index is 0.106. The van der Waals surface area contributed by atoms with Crippen molar-refractivity contribution < 1.29 is 14.3 Å². The molecule has 5 heteroatoms. The van der Waals surface area contributed by atoms with Gasteiger partial charge in [-0.05, 0) is 68.5 Å². The fraction of sp³-hybridized carbons (Fsp3) is 0.480. The third kappa shape index (κ3) is 5.99. The van der Waals surface area contributed by atoms with Crippen molar-refractivity contribution in [3.8, 4) is 11.5 Å². The van der Waals surface area contributed by atoms with Crippen LogP contribution < -0.4 is 14.8 Å². The highest BCUT2D eigenvalue weighted by molar-refractivity contribution is 5.76. The van der Waals surface area contributed by atoms with Gasteiger partial charge in [-0.1, -0.05) is 36.4 Å². The van der Waals surface area contributed by atoms with Crippen LogP contribution in [0.4, 0.5) is 0 Å². The Labute approximate surface area is 179 Å². The Hall–Kier alpha value is -2.53. The molecule has 0 saturated carbocycles. The topological polar surface area (TPSA) is 50.8 Å². The van der Waals surface area contributed by atoms with Gasteiger partial charge in [0.15, 0.2) is 11.5 Å². The summed E-state index contributed by atoms with van der Waals surface area (Å²) in [4.78, 5) is 15.1. The largest absolute Gasteiger partial charge is 0.486 e. The Morgan fingerprint density at radius 1 is 0.967 bits per heavy atom. The summed E-state index contributed by atoms with van der Waals surface area (Å²) in [5.74, 6) is 1.77. The number of fused-ring (bicyclic) bond motifs is 1. The van der Waals surface area contributed by atoms with Gasteiger partial charge >= 0.3 is 0 Å². The highest BCUT2D eigenvalue weighted by atomic mass is 16.6. The maximum Gasteiger partial charge on any atom is 0.220 e. The summed E-state index contributed by atoms with van der Waals surface area (Å²) in [6.45, 7) is 4.34. The molecule has 4 rings (SSSR count). The van der Waals surface area contributed by atoms with Gasteiger partial charge in [0.05, 0.1) is 0 Å². The molecular weight excluding hydrogens is 376 g/mol. The number of carbonyl (C=O) groups is 1. The molecule has 160 valence electrons. The van der Waals surface area contributed by atoms with Gasteiger partial charge in [-0.2, -0.15) is 0 Å². The summed E-state index contributed by atoms with van der Waals surface area (Å²) in [5, 5.41) is 3.31. The van der Waals surface area contributed by atoms with Crippen LogP contribution in [0.5, 0.6) is 11.5 Å². The van der Waals surface area contributed by atoms with Gasteiger partial charge in [0, 0.05) is 19.0 Å². The maximum atomic E-state index is 12.7.